The number of hydrogen-bond donors (Lipinski definition) is 1. The lowest BCUT2D eigenvalue weighted by Crippen LogP contribution is -2.43. The number of hydrogen-bond acceptors (Lipinski definition) is 5. The number of carbonyl (C=O) groups is 2. The lowest BCUT2D eigenvalue weighted by atomic mass is 10.1. The lowest BCUT2D eigenvalue weighted by Gasteiger charge is -2.23. The van der Waals surface area contributed by atoms with Crippen molar-refractivity contribution in [1.29, 1.82) is 0 Å². The summed E-state index contributed by atoms with van der Waals surface area (Å²) in [6.45, 7) is 9.74. The Morgan fingerprint density at radius 3 is 2.10 bits per heavy atom. The summed E-state index contributed by atoms with van der Waals surface area (Å²) in [4.78, 5) is 28.3. The fourth-order valence-corrected chi connectivity index (χ4v) is 3.42. The highest BCUT2D eigenvalue weighted by Crippen LogP contribution is 2.17. The summed E-state index contributed by atoms with van der Waals surface area (Å²) in [6, 6.07) is 7.14. The molecule has 0 unspecified atom stereocenters. The summed E-state index contributed by atoms with van der Waals surface area (Å²) in [5, 5.41) is 2.70. The van der Waals surface area contributed by atoms with Crippen LogP contribution in [-0.4, -0.2) is 73.9 Å². The molecule has 0 radical (unpaired) electrons. The van der Waals surface area contributed by atoms with Gasteiger partial charge in [-0.1, -0.05) is 26.0 Å². The summed E-state index contributed by atoms with van der Waals surface area (Å²) in [6.07, 6.45) is 0.370. The highest BCUT2D eigenvalue weighted by atomic mass is 35.5. The molecule has 6 nitrogen and oxygen atoms in total. The van der Waals surface area contributed by atoms with Crippen LogP contribution in [0.25, 0.3) is 0 Å². The van der Waals surface area contributed by atoms with Crippen molar-refractivity contribution in [2.75, 3.05) is 56.0 Å². The zero-order chi connectivity index (χ0) is 21.6. The second-order valence-electron chi connectivity index (χ2n) is 6.68. The van der Waals surface area contributed by atoms with Crippen LogP contribution >= 0.6 is 23.2 Å². The quantitative estimate of drug-likeness (QED) is 0.352. The summed E-state index contributed by atoms with van der Waals surface area (Å²) in [5.74, 6) is 0.357. The van der Waals surface area contributed by atoms with Gasteiger partial charge in [-0.2, -0.15) is 0 Å². The Bertz CT molecular complexity index is 604. The Morgan fingerprint density at radius 2 is 1.62 bits per heavy atom. The zero-order valence-electron chi connectivity index (χ0n) is 17.6. The molecule has 29 heavy (non-hydrogen) atoms. The van der Waals surface area contributed by atoms with Crippen molar-refractivity contribution in [2.24, 2.45) is 0 Å². The number of nitrogens with zero attached hydrogens (tertiary/aromatic N) is 2. The van der Waals surface area contributed by atoms with Crippen LogP contribution in [-0.2, 0) is 20.7 Å². The van der Waals surface area contributed by atoms with Crippen molar-refractivity contribution < 1.29 is 14.3 Å². The molecule has 1 aromatic rings. The summed E-state index contributed by atoms with van der Waals surface area (Å²) in [5.41, 5.74) is 1.96. The average molecular weight is 446 g/mol. The highest BCUT2D eigenvalue weighted by Gasteiger charge is 2.22. The second kappa shape index (κ2) is 14.5. The minimum absolute atomic E-state index is 0.261. The molecule has 0 aromatic heterocycles. The molecule has 1 rings (SSSR count). The smallest absolute Gasteiger partial charge is 0.329 e. The van der Waals surface area contributed by atoms with Crippen molar-refractivity contribution in [1.82, 2.24) is 10.2 Å². The number of carbonyl (C=O) groups excluding carboxylic acids is 2. The molecular formula is C21H33Cl2N3O3. The van der Waals surface area contributed by atoms with Crippen molar-refractivity contribution >= 4 is 40.8 Å². The van der Waals surface area contributed by atoms with Gasteiger partial charge in [-0.3, -0.25) is 4.79 Å². The van der Waals surface area contributed by atoms with Crippen molar-refractivity contribution in [2.45, 2.75) is 33.2 Å². The van der Waals surface area contributed by atoms with E-state index in [1.54, 1.807) is 0 Å². The summed E-state index contributed by atoms with van der Waals surface area (Å²) >= 11 is 11.7. The van der Waals surface area contributed by atoms with E-state index in [1.807, 2.05) is 24.3 Å². The van der Waals surface area contributed by atoms with Gasteiger partial charge >= 0.3 is 5.97 Å². The Kier molecular flexibility index (Phi) is 12.7. The molecule has 0 spiro atoms. The minimum Gasteiger partial charge on any atom is -0.463 e. The van der Waals surface area contributed by atoms with E-state index in [-0.39, 0.29) is 5.91 Å². The Balaban J connectivity index is 2.74. The van der Waals surface area contributed by atoms with E-state index in [2.05, 4.69) is 29.0 Å². The molecule has 1 atom stereocenters. The molecule has 0 saturated carbocycles. The number of rotatable bonds is 14. The summed E-state index contributed by atoms with van der Waals surface area (Å²) in [7, 11) is 0. The first-order valence-corrected chi connectivity index (χ1v) is 11.1. The number of likely N-dealkylation sites (N-methyl/N-ethyl adjacent to an activating group) is 1. The van der Waals surface area contributed by atoms with Gasteiger partial charge in [-0.15, -0.1) is 23.2 Å². The Labute approximate surface area is 184 Å². The fourth-order valence-electron chi connectivity index (χ4n) is 3.01. The molecule has 0 bridgehead atoms. The molecule has 0 aliphatic heterocycles. The monoisotopic (exact) mass is 445 g/mol. The lowest BCUT2D eigenvalue weighted by molar-refractivity contribution is -0.148. The van der Waals surface area contributed by atoms with E-state index in [0.29, 0.717) is 44.4 Å². The normalized spacial score (nSPS) is 11.9. The molecular weight excluding hydrogens is 413 g/mol. The van der Waals surface area contributed by atoms with Gasteiger partial charge in [-0.05, 0) is 30.8 Å². The number of alkyl halides is 2. The van der Waals surface area contributed by atoms with Crippen LogP contribution in [0.4, 0.5) is 5.69 Å². The van der Waals surface area contributed by atoms with Crippen LogP contribution in [0.3, 0.4) is 0 Å². The molecule has 0 fully saturated rings. The first-order valence-electron chi connectivity index (χ1n) is 10.1. The van der Waals surface area contributed by atoms with Crippen molar-refractivity contribution in [3.05, 3.63) is 29.8 Å². The number of ether oxygens (including phenoxy) is 1. The SMILES string of the molecule is CCN(CC)CCOC(=O)[C@H](Cc1ccc(N(CCCl)CCCl)cc1)NC(C)=O. The highest BCUT2D eigenvalue weighted by molar-refractivity contribution is 6.18. The van der Waals surface area contributed by atoms with Crippen LogP contribution in [0.5, 0.6) is 0 Å². The van der Waals surface area contributed by atoms with Gasteiger partial charge in [0.05, 0.1) is 0 Å². The third kappa shape index (κ3) is 9.70. The second-order valence-corrected chi connectivity index (χ2v) is 7.44. The van der Waals surface area contributed by atoms with Gasteiger partial charge in [0.15, 0.2) is 0 Å². The fraction of sp³-hybridized carbons (Fsp3) is 0.619. The van der Waals surface area contributed by atoms with E-state index in [9.17, 15) is 9.59 Å². The van der Waals surface area contributed by atoms with E-state index in [0.717, 1.165) is 24.3 Å². The first kappa shape index (κ1) is 25.5. The van der Waals surface area contributed by atoms with Gasteiger partial charge in [0.25, 0.3) is 0 Å². The van der Waals surface area contributed by atoms with Crippen LogP contribution < -0.4 is 10.2 Å². The maximum atomic E-state index is 12.5. The van der Waals surface area contributed by atoms with Gasteiger partial charge in [-0.25, -0.2) is 4.79 Å². The van der Waals surface area contributed by atoms with Crippen LogP contribution in [0, 0.1) is 0 Å². The molecule has 0 saturated heterocycles. The maximum Gasteiger partial charge on any atom is 0.329 e. The standard InChI is InChI=1S/C21H33Cl2N3O3/c1-4-25(5-2)14-15-29-21(28)20(24-17(3)27)16-18-6-8-19(9-7-18)26(12-10-22)13-11-23/h6-9,20H,4-5,10-16H2,1-3H3,(H,24,27)/t20-/m0/s1. The number of nitrogens with one attached hydrogen (secondary N) is 1. The van der Waals surface area contributed by atoms with Crippen LogP contribution in [0.2, 0.25) is 0 Å². The van der Waals surface area contributed by atoms with E-state index in [4.69, 9.17) is 27.9 Å². The number of halogens is 2. The first-order chi connectivity index (χ1) is 13.9. The van der Waals surface area contributed by atoms with Gasteiger partial charge in [0.2, 0.25) is 5.91 Å². The predicted molar refractivity (Wildman–Crippen MR) is 120 cm³/mol. The van der Waals surface area contributed by atoms with Crippen molar-refractivity contribution in [3.63, 3.8) is 0 Å². The summed E-state index contributed by atoms with van der Waals surface area (Å²) < 4.78 is 5.40. The molecule has 0 aliphatic rings. The van der Waals surface area contributed by atoms with E-state index in [1.165, 1.54) is 6.92 Å². The average Bonchev–Trinajstić information content (AvgIpc) is 2.70. The maximum absolute atomic E-state index is 12.5. The van der Waals surface area contributed by atoms with Gasteiger partial charge < -0.3 is 19.9 Å². The molecule has 1 amide bonds. The Morgan fingerprint density at radius 1 is 1.03 bits per heavy atom. The minimum atomic E-state index is -0.711. The largest absolute Gasteiger partial charge is 0.463 e. The third-order valence-corrected chi connectivity index (χ3v) is 5.00. The van der Waals surface area contributed by atoms with E-state index >= 15 is 0 Å². The van der Waals surface area contributed by atoms with Crippen LogP contribution in [0.15, 0.2) is 24.3 Å². The Hall–Kier alpha value is -1.50. The number of esters is 1. The van der Waals surface area contributed by atoms with Gasteiger partial charge in [0, 0.05) is 50.4 Å². The number of benzene rings is 1. The van der Waals surface area contributed by atoms with Gasteiger partial charge in [0.1, 0.15) is 12.6 Å². The van der Waals surface area contributed by atoms with Crippen LogP contribution in [0.1, 0.15) is 26.3 Å². The molecule has 0 heterocycles. The third-order valence-electron chi connectivity index (χ3n) is 4.66. The molecule has 1 N–H and O–H groups in total. The van der Waals surface area contributed by atoms with Crippen molar-refractivity contribution in [3.8, 4) is 0 Å². The number of amides is 1. The molecule has 8 heteroatoms. The van der Waals surface area contributed by atoms with E-state index < -0.39 is 12.0 Å². The zero-order valence-corrected chi connectivity index (χ0v) is 19.1. The molecule has 0 aliphatic carbocycles. The number of anilines is 1. The molecule has 164 valence electrons. The topological polar surface area (TPSA) is 61.9 Å². The molecule has 1 aromatic carbocycles. The predicted octanol–water partition coefficient (Wildman–Crippen LogP) is 2.90.